The standard InChI is InChI=1S/C14H17NO3S/c1-19-11-7-5-10(6-8-11)13(16)15-9-3-2-4-12(15)14(17)18/h5-8,12H,2-4,9H2,1H3,(H,17,18)/t12-/m1/s1. The third-order valence-corrected chi connectivity index (χ3v) is 4.13. The summed E-state index contributed by atoms with van der Waals surface area (Å²) in [6, 6.07) is 6.62. The number of aliphatic carboxylic acids is 1. The van der Waals surface area contributed by atoms with Gasteiger partial charge in [0.15, 0.2) is 0 Å². The minimum absolute atomic E-state index is 0.181. The first-order chi connectivity index (χ1) is 9.13. The third-order valence-electron chi connectivity index (χ3n) is 3.39. The highest BCUT2D eigenvalue weighted by atomic mass is 32.2. The van der Waals surface area contributed by atoms with Gasteiger partial charge in [0.2, 0.25) is 0 Å². The quantitative estimate of drug-likeness (QED) is 0.864. The van der Waals surface area contributed by atoms with Crippen molar-refractivity contribution in [2.45, 2.75) is 30.2 Å². The summed E-state index contributed by atoms with van der Waals surface area (Å²) in [6.07, 6.45) is 4.26. The zero-order valence-electron chi connectivity index (χ0n) is 10.8. The van der Waals surface area contributed by atoms with Gasteiger partial charge >= 0.3 is 5.97 Å². The van der Waals surface area contributed by atoms with Gasteiger partial charge in [-0.1, -0.05) is 0 Å². The minimum Gasteiger partial charge on any atom is -0.480 e. The lowest BCUT2D eigenvalue weighted by Gasteiger charge is -2.33. The highest BCUT2D eigenvalue weighted by Gasteiger charge is 2.32. The molecule has 4 nitrogen and oxygen atoms in total. The Kier molecular flexibility index (Phi) is 4.47. The average Bonchev–Trinajstić information content (AvgIpc) is 2.46. The maximum Gasteiger partial charge on any atom is 0.326 e. The molecular weight excluding hydrogens is 262 g/mol. The van der Waals surface area contributed by atoms with E-state index in [4.69, 9.17) is 0 Å². The van der Waals surface area contributed by atoms with Gasteiger partial charge in [0, 0.05) is 17.0 Å². The van der Waals surface area contributed by atoms with Crippen LogP contribution in [0.15, 0.2) is 29.2 Å². The topological polar surface area (TPSA) is 57.6 Å². The number of hydrogen-bond donors (Lipinski definition) is 1. The first kappa shape index (κ1) is 13.9. The van der Waals surface area contributed by atoms with Crippen molar-refractivity contribution in [3.05, 3.63) is 29.8 Å². The largest absolute Gasteiger partial charge is 0.480 e. The van der Waals surface area contributed by atoms with Gasteiger partial charge in [0.05, 0.1) is 0 Å². The number of carboxylic acid groups (broad SMARTS) is 1. The highest BCUT2D eigenvalue weighted by molar-refractivity contribution is 7.98. The number of carbonyl (C=O) groups is 2. The second-order valence-corrected chi connectivity index (χ2v) is 5.46. The zero-order valence-corrected chi connectivity index (χ0v) is 11.7. The van der Waals surface area contributed by atoms with Crippen LogP contribution < -0.4 is 0 Å². The van der Waals surface area contributed by atoms with Crippen LogP contribution >= 0.6 is 11.8 Å². The molecule has 0 saturated carbocycles. The number of thioether (sulfide) groups is 1. The molecule has 0 aromatic heterocycles. The Morgan fingerprint density at radius 3 is 2.53 bits per heavy atom. The van der Waals surface area contributed by atoms with E-state index in [-0.39, 0.29) is 5.91 Å². The number of carbonyl (C=O) groups excluding carboxylic acids is 1. The van der Waals surface area contributed by atoms with Crippen molar-refractivity contribution in [1.82, 2.24) is 4.90 Å². The Bertz CT molecular complexity index is 472. The predicted octanol–water partition coefficient (Wildman–Crippen LogP) is 2.49. The monoisotopic (exact) mass is 279 g/mol. The third kappa shape index (κ3) is 3.10. The number of rotatable bonds is 3. The number of piperidine rings is 1. The highest BCUT2D eigenvalue weighted by Crippen LogP contribution is 2.21. The molecule has 102 valence electrons. The van der Waals surface area contributed by atoms with Crippen LogP contribution in [-0.2, 0) is 4.79 Å². The van der Waals surface area contributed by atoms with Crippen LogP contribution in [-0.4, -0.2) is 40.7 Å². The lowest BCUT2D eigenvalue weighted by atomic mass is 10.0. The molecule has 0 unspecified atom stereocenters. The van der Waals surface area contributed by atoms with E-state index in [0.29, 0.717) is 18.5 Å². The Labute approximate surface area is 116 Å². The fourth-order valence-electron chi connectivity index (χ4n) is 2.33. The first-order valence-electron chi connectivity index (χ1n) is 6.31. The number of amides is 1. The van der Waals surface area contributed by atoms with E-state index in [9.17, 15) is 14.7 Å². The van der Waals surface area contributed by atoms with E-state index < -0.39 is 12.0 Å². The van der Waals surface area contributed by atoms with Gasteiger partial charge in [0.1, 0.15) is 6.04 Å². The Morgan fingerprint density at radius 1 is 1.26 bits per heavy atom. The summed E-state index contributed by atoms with van der Waals surface area (Å²) < 4.78 is 0. The lowest BCUT2D eigenvalue weighted by molar-refractivity contribution is -0.143. The van der Waals surface area contributed by atoms with Crippen molar-refractivity contribution >= 4 is 23.6 Å². The smallest absolute Gasteiger partial charge is 0.326 e. The average molecular weight is 279 g/mol. The van der Waals surface area contributed by atoms with Crippen molar-refractivity contribution in [2.75, 3.05) is 12.8 Å². The summed E-state index contributed by atoms with van der Waals surface area (Å²) in [5.41, 5.74) is 0.561. The van der Waals surface area contributed by atoms with Crippen molar-refractivity contribution in [1.29, 1.82) is 0 Å². The van der Waals surface area contributed by atoms with Crippen molar-refractivity contribution in [3.63, 3.8) is 0 Å². The molecule has 1 aliphatic heterocycles. The van der Waals surface area contributed by atoms with Crippen LogP contribution in [0.3, 0.4) is 0 Å². The molecule has 5 heteroatoms. The van der Waals surface area contributed by atoms with Crippen molar-refractivity contribution in [3.8, 4) is 0 Å². The Balaban J connectivity index is 2.18. The number of likely N-dealkylation sites (tertiary alicyclic amines) is 1. The van der Waals surface area contributed by atoms with Crippen LogP contribution in [0.2, 0.25) is 0 Å². The van der Waals surface area contributed by atoms with Crippen LogP contribution in [0.4, 0.5) is 0 Å². The molecule has 19 heavy (non-hydrogen) atoms. The van der Waals surface area contributed by atoms with E-state index in [0.717, 1.165) is 17.7 Å². The van der Waals surface area contributed by atoms with Crippen LogP contribution in [0.5, 0.6) is 0 Å². The minimum atomic E-state index is -0.909. The maximum absolute atomic E-state index is 12.4. The van der Waals surface area contributed by atoms with Crippen LogP contribution in [0.25, 0.3) is 0 Å². The molecule has 1 aromatic carbocycles. The van der Waals surface area contributed by atoms with Crippen LogP contribution in [0.1, 0.15) is 29.6 Å². The molecule has 1 amide bonds. The SMILES string of the molecule is CSc1ccc(C(=O)N2CCCC[C@@H]2C(=O)O)cc1. The number of carboxylic acids is 1. The predicted molar refractivity (Wildman–Crippen MR) is 74.5 cm³/mol. The summed E-state index contributed by atoms with van der Waals surface area (Å²) in [5, 5.41) is 9.19. The molecule has 0 radical (unpaired) electrons. The van der Waals surface area contributed by atoms with E-state index in [1.54, 1.807) is 23.9 Å². The molecule has 1 saturated heterocycles. The van der Waals surface area contributed by atoms with Crippen molar-refractivity contribution < 1.29 is 14.7 Å². The normalized spacial score (nSPS) is 19.2. The molecule has 1 fully saturated rings. The van der Waals surface area contributed by atoms with E-state index >= 15 is 0 Å². The molecule has 0 bridgehead atoms. The molecule has 1 aromatic rings. The lowest BCUT2D eigenvalue weighted by Crippen LogP contribution is -2.47. The molecule has 1 aliphatic rings. The molecule has 2 rings (SSSR count). The molecular formula is C14H17NO3S. The fourth-order valence-corrected chi connectivity index (χ4v) is 2.74. The summed E-state index contributed by atoms with van der Waals surface area (Å²) in [7, 11) is 0. The van der Waals surface area contributed by atoms with Gasteiger partial charge in [-0.3, -0.25) is 4.79 Å². The summed E-state index contributed by atoms with van der Waals surface area (Å²) in [6.45, 7) is 0.528. The van der Waals surface area contributed by atoms with E-state index in [1.807, 2.05) is 18.4 Å². The number of benzene rings is 1. The second kappa shape index (κ2) is 6.10. The van der Waals surface area contributed by atoms with Crippen molar-refractivity contribution in [2.24, 2.45) is 0 Å². The first-order valence-corrected chi connectivity index (χ1v) is 7.54. The molecule has 1 atom stereocenters. The van der Waals surface area contributed by atoms with Crippen LogP contribution in [0, 0.1) is 0 Å². The van der Waals surface area contributed by atoms with Gasteiger partial charge in [-0.25, -0.2) is 4.79 Å². The second-order valence-electron chi connectivity index (χ2n) is 4.58. The van der Waals surface area contributed by atoms with Gasteiger partial charge in [-0.05, 0) is 49.8 Å². The van der Waals surface area contributed by atoms with Gasteiger partial charge in [-0.15, -0.1) is 11.8 Å². The summed E-state index contributed by atoms with van der Waals surface area (Å²) in [5.74, 6) is -1.09. The van der Waals surface area contributed by atoms with Gasteiger partial charge < -0.3 is 10.0 Å². The Morgan fingerprint density at radius 2 is 1.95 bits per heavy atom. The molecule has 1 N–H and O–H groups in total. The number of nitrogens with zero attached hydrogens (tertiary/aromatic N) is 1. The molecule has 0 spiro atoms. The Hall–Kier alpha value is -1.49. The fraction of sp³-hybridized carbons (Fsp3) is 0.429. The number of hydrogen-bond acceptors (Lipinski definition) is 3. The summed E-state index contributed by atoms with van der Waals surface area (Å²) >= 11 is 1.61. The van der Waals surface area contributed by atoms with Gasteiger partial charge in [0.25, 0.3) is 5.91 Å². The molecule has 0 aliphatic carbocycles. The molecule has 1 heterocycles. The van der Waals surface area contributed by atoms with Gasteiger partial charge in [-0.2, -0.15) is 0 Å². The summed E-state index contributed by atoms with van der Waals surface area (Å²) in [4.78, 5) is 26.1. The van der Waals surface area contributed by atoms with E-state index in [1.165, 1.54) is 4.90 Å². The van der Waals surface area contributed by atoms with E-state index in [2.05, 4.69) is 0 Å². The maximum atomic E-state index is 12.4. The zero-order chi connectivity index (χ0) is 13.8.